The summed E-state index contributed by atoms with van der Waals surface area (Å²) in [6, 6.07) is 0. The van der Waals surface area contributed by atoms with Crippen LogP contribution in [-0.4, -0.2) is 37.0 Å². The van der Waals surface area contributed by atoms with Crippen molar-refractivity contribution in [1.29, 1.82) is 0 Å². The van der Waals surface area contributed by atoms with Crippen LogP contribution in [0, 0.1) is 11.8 Å². The molecule has 1 saturated heterocycles. The second-order valence-electron chi connectivity index (χ2n) is 4.75. The van der Waals surface area contributed by atoms with Crippen molar-refractivity contribution in [1.82, 2.24) is 4.90 Å². The van der Waals surface area contributed by atoms with Crippen LogP contribution in [0.4, 0.5) is 0 Å². The van der Waals surface area contributed by atoms with Gasteiger partial charge >= 0.3 is 5.97 Å². The van der Waals surface area contributed by atoms with Crippen molar-refractivity contribution in [3.05, 3.63) is 0 Å². The summed E-state index contributed by atoms with van der Waals surface area (Å²) in [4.78, 5) is 25.2. The average Bonchev–Trinajstić information content (AvgIpc) is 2.26. The molecule has 90 valence electrons. The Bertz CT molecular complexity index is 278. The number of nitrogens with zero attached hydrogens (tertiary/aromatic N) is 1. The van der Waals surface area contributed by atoms with Crippen molar-refractivity contribution in [3.8, 4) is 0 Å². The van der Waals surface area contributed by atoms with Gasteiger partial charge in [-0.1, -0.05) is 0 Å². The third-order valence-electron chi connectivity index (χ3n) is 3.78. The molecule has 4 heteroatoms. The van der Waals surface area contributed by atoms with Crippen LogP contribution in [-0.2, 0) is 14.3 Å². The van der Waals surface area contributed by atoms with Gasteiger partial charge in [-0.15, -0.1) is 0 Å². The Hall–Kier alpha value is -1.06. The number of amides is 1. The summed E-state index contributed by atoms with van der Waals surface area (Å²) < 4.78 is 4.73. The number of methoxy groups -OCH3 is 1. The molecule has 1 aliphatic heterocycles. The van der Waals surface area contributed by atoms with Gasteiger partial charge in [0.2, 0.25) is 5.91 Å². The molecule has 1 amide bonds. The standard InChI is InChI=1S/C12H19NO3/c1-16-12(15)10-5-3-9(4-6-10)11(14)13-7-2-8-13/h9-10H,2-8H2,1H3. The van der Waals surface area contributed by atoms with E-state index in [1.807, 2.05) is 4.90 Å². The van der Waals surface area contributed by atoms with Crippen LogP contribution in [0.25, 0.3) is 0 Å². The predicted octanol–water partition coefficient (Wildman–Crippen LogP) is 1.20. The first-order valence-electron chi connectivity index (χ1n) is 6.09. The van der Waals surface area contributed by atoms with Gasteiger partial charge in [0, 0.05) is 19.0 Å². The highest BCUT2D eigenvalue weighted by atomic mass is 16.5. The van der Waals surface area contributed by atoms with Crippen LogP contribution >= 0.6 is 0 Å². The highest BCUT2D eigenvalue weighted by Crippen LogP contribution is 2.31. The van der Waals surface area contributed by atoms with E-state index in [9.17, 15) is 9.59 Å². The van der Waals surface area contributed by atoms with Crippen molar-refractivity contribution in [3.63, 3.8) is 0 Å². The third-order valence-corrected chi connectivity index (χ3v) is 3.78. The molecule has 2 fully saturated rings. The highest BCUT2D eigenvalue weighted by molar-refractivity contribution is 5.80. The first-order valence-corrected chi connectivity index (χ1v) is 6.09. The van der Waals surface area contributed by atoms with E-state index in [-0.39, 0.29) is 17.8 Å². The quantitative estimate of drug-likeness (QED) is 0.663. The fourth-order valence-corrected chi connectivity index (χ4v) is 2.54. The molecule has 0 aromatic heterocycles. The number of likely N-dealkylation sites (tertiary alicyclic amines) is 1. The molecule has 1 aliphatic carbocycles. The molecule has 1 heterocycles. The minimum Gasteiger partial charge on any atom is -0.469 e. The summed E-state index contributed by atoms with van der Waals surface area (Å²) in [5.74, 6) is 0.357. The number of carbonyl (C=O) groups excluding carboxylic acids is 2. The molecule has 0 radical (unpaired) electrons. The van der Waals surface area contributed by atoms with E-state index in [0.29, 0.717) is 5.91 Å². The number of hydrogen-bond donors (Lipinski definition) is 0. The number of rotatable bonds is 2. The second kappa shape index (κ2) is 4.85. The van der Waals surface area contributed by atoms with Crippen molar-refractivity contribution >= 4 is 11.9 Å². The van der Waals surface area contributed by atoms with Gasteiger partial charge in [0.1, 0.15) is 0 Å². The van der Waals surface area contributed by atoms with Gasteiger partial charge in [-0.2, -0.15) is 0 Å². The zero-order chi connectivity index (χ0) is 11.5. The highest BCUT2D eigenvalue weighted by Gasteiger charge is 2.33. The molecule has 0 unspecified atom stereocenters. The molecule has 0 aromatic carbocycles. The molecule has 1 saturated carbocycles. The fraction of sp³-hybridized carbons (Fsp3) is 0.833. The number of ether oxygens (including phenoxy) is 1. The van der Waals surface area contributed by atoms with Crippen LogP contribution in [0.3, 0.4) is 0 Å². The maximum Gasteiger partial charge on any atom is 0.308 e. The Kier molecular flexibility index (Phi) is 3.46. The Morgan fingerprint density at radius 1 is 1.06 bits per heavy atom. The lowest BCUT2D eigenvalue weighted by Crippen LogP contribution is -2.46. The van der Waals surface area contributed by atoms with Crippen LogP contribution < -0.4 is 0 Å². The Morgan fingerprint density at radius 3 is 2.06 bits per heavy atom. The first kappa shape index (κ1) is 11.4. The molecule has 2 rings (SSSR count). The minimum absolute atomic E-state index is 0.0189. The van der Waals surface area contributed by atoms with Gasteiger partial charge < -0.3 is 9.64 Å². The number of esters is 1. The largest absolute Gasteiger partial charge is 0.469 e. The van der Waals surface area contributed by atoms with E-state index in [0.717, 1.165) is 45.2 Å². The topological polar surface area (TPSA) is 46.6 Å². The summed E-state index contributed by atoms with van der Waals surface area (Å²) >= 11 is 0. The molecule has 16 heavy (non-hydrogen) atoms. The summed E-state index contributed by atoms with van der Waals surface area (Å²) in [6.07, 6.45) is 4.43. The van der Waals surface area contributed by atoms with Crippen molar-refractivity contribution in [2.45, 2.75) is 32.1 Å². The molecule has 0 aromatic rings. The summed E-state index contributed by atoms with van der Waals surface area (Å²) in [6.45, 7) is 1.85. The molecule has 4 nitrogen and oxygen atoms in total. The van der Waals surface area contributed by atoms with Gasteiger partial charge in [-0.05, 0) is 32.1 Å². The Balaban J connectivity index is 1.80. The van der Waals surface area contributed by atoms with Crippen molar-refractivity contribution < 1.29 is 14.3 Å². The van der Waals surface area contributed by atoms with E-state index in [1.54, 1.807) is 0 Å². The molecular weight excluding hydrogens is 206 g/mol. The maximum atomic E-state index is 11.9. The Morgan fingerprint density at radius 2 is 1.62 bits per heavy atom. The smallest absolute Gasteiger partial charge is 0.308 e. The normalized spacial score (nSPS) is 29.4. The number of carbonyl (C=O) groups is 2. The van der Waals surface area contributed by atoms with Gasteiger partial charge in [-0.25, -0.2) is 0 Å². The van der Waals surface area contributed by atoms with E-state index < -0.39 is 0 Å². The lowest BCUT2D eigenvalue weighted by Gasteiger charge is -2.36. The summed E-state index contributed by atoms with van der Waals surface area (Å²) in [5, 5.41) is 0. The summed E-state index contributed by atoms with van der Waals surface area (Å²) in [7, 11) is 1.43. The van der Waals surface area contributed by atoms with Crippen molar-refractivity contribution in [2.75, 3.05) is 20.2 Å². The average molecular weight is 225 g/mol. The van der Waals surface area contributed by atoms with Gasteiger partial charge in [0.15, 0.2) is 0 Å². The third kappa shape index (κ3) is 2.20. The molecule has 0 bridgehead atoms. The molecule has 0 spiro atoms. The first-order chi connectivity index (χ1) is 7.72. The maximum absolute atomic E-state index is 11.9. The SMILES string of the molecule is COC(=O)C1CCC(C(=O)N2CCC2)CC1. The van der Waals surface area contributed by atoms with E-state index in [1.165, 1.54) is 7.11 Å². The predicted molar refractivity (Wildman–Crippen MR) is 58.7 cm³/mol. The zero-order valence-electron chi connectivity index (χ0n) is 9.78. The van der Waals surface area contributed by atoms with Crippen molar-refractivity contribution in [2.24, 2.45) is 11.8 Å². The minimum atomic E-state index is -0.116. The monoisotopic (exact) mass is 225 g/mol. The van der Waals surface area contributed by atoms with Gasteiger partial charge in [0.05, 0.1) is 13.0 Å². The molecular formula is C12H19NO3. The lowest BCUT2D eigenvalue weighted by atomic mass is 9.81. The van der Waals surface area contributed by atoms with Gasteiger partial charge in [0.25, 0.3) is 0 Å². The van der Waals surface area contributed by atoms with Crippen LogP contribution in [0.1, 0.15) is 32.1 Å². The zero-order valence-corrected chi connectivity index (χ0v) is 9.78. The van der Waals surface area contributed by atoms with Crippen LogP contribution in [0.15, 0.2) is 0 Å². The Labute approximate surface area is 95.9 Å². The van der Waals surface area contributed by atoms with E-state index >= 15 is 0 Å². The van der Waals surface area contributed by atoms with Gasteiger partial charge in [-0.3, -0.25) is 9.59 Å². The van der Waals surface area contributed by atoms with Crippen LogP contribution in [0.5, 0.6) is 0 Å². The second-order valence-corrected chi connectivity index (χ2v) is 4.75. The van der Waals surface area contributed by atoms with E-state index in [2.05, 4.69) is 0 Å². The number of hydrogen-bond acceptors (Lipinski definition) is 3. The molecule has 0 N–H and O–H groups in total. The van der Waals surface area contributed by atoms with E-state index in [4.69, 9.17) is 4.74 Å². The summed E-state index contributed by atoms with van der Waals surface area (Å²) in [5.41, 5.74) is 0. The molecule has 2 aliphatic rings. The fourth-order valence-electron chi connectivity index (χ4n) is 2.54. The molecule has 0 atom stereocenters. The van der Waals surface area contributed by atoms with Crippen LogP contribution in [0.2, 0.25) is 0 Å². The lowest BCUT2D eigenvalue weighted by molar-refractivity contribution is -0.149.